The summed E-state index contributed by atoms with van der Waals surface area (Å²) >= 11 is 3.40. The summed E-state index contributed by atoms with van der Waals surface area (Å²) in [6.07, 6.45) is 4.40. The lowest BCUT2D eigenvalue weighted by Gasteiger charge is -2.36. The van der Waals surface area contributed by atoms with E-state index in [1.165, 1.54) is 12.6 Å². The number of anilines is 1. The van der Waals surface area contributed by atoms with Gasteiger partial charge in [0.05, 0.1) is 0 Å². The molecule has 1 aliphatic heterocycles. The number of piperidine rings is 1. The van der Waals surface area contributed by atoms with E-state index in [1.807, 2.05) is 12.3 Å². The fourth-order valence-electron chi connectivity index (χ4n) is 2.27. The van der Waals surface area contributed by atoms with Gasteiger partial charge in [0, 0.05) is 35.5 Å². The first kappa shape index (κ1) is 12.6. The van der Waals surface area contributed by atoms with Crippen molar-refractivity contribution >= 4 is 28.0 Å². The van der Waals surface area contributed by atoms with Gasteiger partial charge in [-0.15, -0.1) is 0 Å². The van der Waals surface area contributed by atoms with Crippen molar-refractivity contribution in [1.82, 2.24) is 4.98 Å². The first-order valence-electron chi connectivity index (χ1n) is 6.02. The molecule has 1 N–H and O–H groups in total. The van der Waals surface area contributed by atoms with Crippen LogP contribution in [0.2, 0.25) is 0 Å². The van der Waals surface area contributed by atoms with Crippen molar-refractivity contribution in [3.63, 3.8) is 0 Å². The van der Waals surface area contributed by atoms with Gasteiger partial charge in [-0.05, 0) is 40.3 Å². The number of hydrogen-bond acceptors (Lipinski definition) is 3. The van der Waals surface area contributed by atoms with Gasteiger partial charge in [0.15, 0.2) is 0 Å². The van der Waals surface area contributed by atoms with Crippen LogP contribution < -0.4 is 4.90 Å². The van der Waals surface area contributed by atoms with E-state index >= 15 is 0 Å². The minimum Gasteiger partial charge on any atom is -0.356 e. The Hall–Kier alpha value is -0.900. The van der Waals surface area contributed by atoms with E-state index in [0.29, 0.717) is 5.92 Å². The Kier molecular flexibility index (Phi) is 3.82. The summed E-state index contributed by atoms with van der Waals surface area (Å²) in [5, 5.41) is 7.48. The van der Waals surface area contributed by atoms with Gasteiger partial charge in [0.25, 0.3) is 0 Å². The van der Waals surface area contributed by atoms with E-state index in [9.17, 15) is 0 Å². The molecule has 17 heavy (non-hydrogen) atoms. The van der Waals surface area contributed by atoms with Crippen LogP contribution in [0, 0.1) is 17.2 Å². The topological polar surface area (TPSA) is 40.0 Å². The van der Waals surface area contributed by atoms with Crippen molar-refractivity contribution in [2.45, 2.75) is 20.3 Å². The Labute approximate surface area is 111 Å². The first-order chi connectivity index (χ1) is 8.11. The zero-order valence-electron chi connectivity index (χ0n) is 10.3. The molecule has 1 aromatic rings. The third-order valence-corrected chi connectivity index (χ3v) is 4.08. The molecule has 1 aromatic heterocycles. The van der Waals surface area contributed by atoms with Crippen molar-refractivity contribution < 1.29 is 0 Å². The number of hydrogen-bond donors (Lipinski definition) is 1. The standard InChI is InChI=1S/C13H18BrN3/c1-9-3-4-17(8-10(9)2)13-11(6-15)5-12(14)7-16-13/h5-7,9-10,15H,3-4,8H2,1-2H3. The number of rotatable bonds is 2. The molecular weight excluding hydrogens is 278 g/mol. The monoisotopic (exact) mass is 295 g/mol. The Bertz CT molecular complexity index is 419. The molecule has 0 amide bonds. The van der Waals surface area contributed by atoms with Crippen LogP contribution in [-0.2, 0) is 0 Å². The van der Waals surface area contributed by atoms with Crippen LogP contribution in [-0.4, -0.2) is 24.3 Å². The van der Waals surface area contributed by atoms with Gasteiger partial charge in [-0.3, -0.25) is 0 Å². The van der Waals surface area contributed by atoms with Crippen LogP contribution in [0.15, 0.2) is 16.7 Å². The highest BCUT2D eigenvalue weighted by Crippen LogP contribution is 2.28. The highest BCUT2D eigenvalue weighted by molar-refractivity contribution is 9.10. The van der Waals surface area contributed by atoms with Gasteiger partial charge >= 0.3 is 0 Å². The maximum absolute atomic E-state index is 7.48. The highest BCUT2D eigenvalue weighted by Gasteiger charge is 2.24. The van der Waals surface area contributed by atoms with Gasteiger partial charge in [-0.2, -0.15) is 0 Å². The summed E-state index contributed by atoms with van der Waals surface area (Å²) in [7, 11) is 0. The van der Waals surface area contributed by atoms with Crippen LogP contribution >= 0.6 is 15.9 Å². The lowest BCUT2D eigenvalue weighted by atomic mass is 9.88. The predicted octanol–water partition coefficient (Wildman–Crippen LogP) is 3.32. The third-order valence-electron chi connectivity index (χ3n) is 3.65. The highest BCUT2D eigenvalue weighted by atomic mass is 79.9. The Morgan fingerprint density at radius 2 is 2.24 bits per heavy atom. The van der Waals surface area contributed by atoms with Gasteiger partial charge in [-0.25, -0.2) is 4.98 Å². The maximum atomic E-state index is 7.48. The SMILES string of the molecule is CC1CCN(c2ncc(Br)cc2C=N)CC1C. The molecule has 1 aliphatic rings. The number of aromatic nitrogens is 1. The molecule has 0 aliphatic carbocycles. The minimum absolute atomic E-state index is 0.688. The molecule has 92 valence electrons. The van der Waals surface area contributed by atoms with Crippen LogP contribution in [0.5, 0.6) is 0 Å². The van der Waals surface area contributed by atoms with Crippen LogP contribution in [0.1, 0.15) is 25.8 Å². The lowest BCUT2D eigenvalue weighted by Crippen LogP contribution is -2.39. The normalized spacial score (nSPS) is 24.8. The largest absolute Gasteiger partial charge is 0.356 e. The van der Waals surface area contributed by atoms with Crippen LogP contribution in [0.3, 0.4) is 0 Å². The van der Waals surface area contributed by atoms with Crippen LogP contribution in [0.4, 0.5) is 5.82 Å². The Morgan fingerprint density at radius 3 is 2.88 bits per heavy atom. The van der Waals surface area contributed by atoms with E-state index in [4.69, 9.17) is 5.41 Å². The van der Waals surface area contributed by atoms with Crippen molar-refractivity contribution in [1.29, 1.82) is 5.41 Å². The molecule has 3 nitrogen and oxygen atoms in total. The van der Waals surface area contributed by atoms with Crippen molar-refractivity contribution in [3.8, 4) is 0 Å². The average molecular weight is 296 g/mol. The third kappa shape index (κ3) is 2.68. The fraction of sp³-hybridized carbons (Fsp3) is 0.538. The molecule has 2 atom stereocenters. The maximum Gasteiger partial charge on any atom is 0.137 e. The summed E-state index contributed by atoms with van der Waals surface area (Å²) < 4.78 is 0.929. The molecule has 2 unspecified atom stereocenters. The molecular formula is C13H18BrN3. The average Bonchev–Trinajstić information content (AvgIpc) is 2.32. The number of nitrogens with one attached hydrogen (secondary N) is 1. The van der Waals surface area contributed by atoms with Crippen molar-refractivity contribution in [2.75, 3.05) is 18.0 Å². The smallest absolute Gasteiger partial charge is 0.137 e. The summed E-state index contributed by atoms with van der Waals surface area (Å²) in [5.74, 6) is 2.42. The summed E-state index contributed by atoms with van der Waals surface area (Å²) in [4.78, 5) is 6.76. The Morgan fingerprint density at radius 1 is 1.47 bits per heavy atom. The van der Waals surface area contributed by atoms with E-state index in [2.05, 4.69) is 39.7 Å². The molecule has 2 rings (SSSR count). The zero-order chi connectivity index (χ0) is 12.4. The van der Waals surface area contributed by atoms with Gasteiger partial charge in [-0.1, -0.05) is 13.8 Å². The number of halogens is 1. The first-order valence-corrected chi connectivity index (χ1v) is 6.82. The molecule has 0 aromatic carbocycles. The quantitative estimate of drug-likeness (QED) is 0.850. The van der Waals surface area contributed by atoms with E-state index in [1.54, 1.807) is 0 Å². The number of nitrogens with zero attached hydrogens (tertiary/aromatic N) is 2. The van der Waals surface area contributed by atoms with Crippen molar-refractivity contribution in [3.05, 3.63) is 22.3 Å². The molecule has 0 spiro atoms. The lowest BCUT2D eigenvalue weighted by molar-refractivity contribution is 0.323. The second-order valence-electron chi connectivity index (χ2n) is 4.90. The van der Waals surface area contributed by atoms with Gasteiger partial charge in [0.1, 0.15) is 5.82 Å². The second-order valence-corrected chi connectivity index (χ2v) is 5.82. The molecule has 0 radical (unpaired) electrons. The Balaban J connectivity index is 2.25. The summed E-state index contributed by atoms with van der Waals surface area (Å²) in [6.45, 7) is 6.69. The molecule has 0 bridgehead atoms. The minimum atomic E-state index is 0.688. The van der Waals surface area contributed by atoms with E-state index in [-0.39, 0.29) is 0 Å². The zero-order valence-corrected chi connectivity index (χ0v) is 11.9. The van der Waals surface area contributed by atoms with Crippen LogP contribution in [0.25, 0.3) is 0 Å². The van der Waals surface area contributed by atoms with Gasteiger partial charge in [0.2, 0.25) is 0 Å². The molecule has 4 heteroatoms. The fourth-order valence-corrected chi connectivity index (χ4v) is 2.62. The second kappa shape index (κ2) is 5.17. The number of pyridine rings is 1. The van der Waals surface area contributed by atoms with E-state index in [0.717, 1.165) is 34.9 Å². The van der Waals surface area contributed by atoms with E-state index < -0.39 is 0 Å². The molecule has 0 saturated carbocycles. The summed E-state index contributed by atoms with van der Waals surface area (Å²) in [6, 6.07) is 1.96. The molecule has 2 heterocycles. The summed E-state index contributed by atoms with van der Waals surface area (Å²) in [5.41, 5.74) is 0.890. The molecule has 1 fully saturated rings. The van der Waals surface area contributed by atoms with Crippen molar-refractivity contribution in [2.24, 2.45) is 11.8 Å². The predicted molar refractivity (Wildman–Crippen MR) is 75.0 cm³/mol. The van der Waals surface area contributed by atoms with Gasteiger partial charge < -0.3 is 10.3 Å². The molecule has 1 saturated heterocycles.